The highest BCUT2D eigenvalue weighted by Gasteiger charge is 2.19. The van der Waals surface area contributed by atoms with Gasteiger partial charge in [-0.1, -0.05) is 30.3 Å². The monoisotopic (exact) mass is 369 g/mol. The summed E-state index contributed by atoms with van der Waals surface area (Å²) >= 11 is 0. The van der Waals surface area contributed by atoms with Gasteiger partial charge in [0.25, 0.3) is 0 Å². The number of rotatable bonds is 9. The second-order valence-electron chi connectivity index (χ2n) is 6.05. The van der Waals surface area contributed by atoms with E-state index in [4.69, 9.17) is 5.73 Å². The van der Waals surface area contributed by atoms with Crippen LogP contribution in [0.1, 0.15) is 35.2 Å². The smallest absolute Gasteiger partial charge is 0.326 e. The summed E-state index contributed by atoms with van der Waals surface area (Å²) in [7, 11) is 0. The maximum atomic E-state index is 12.4. The van der Waals surface area contributed by atoms with Gasteiger partial charge in [-0.2, -0.15) is 0 Å². The normalized spacial score (nSPS) is 11.4. The molecule has 5 N–H and O–H groups in total. The van der Waals surface area contributed by atoms with E-state index < -0.39 is 18.0 Å². The second kappa shape index (κ2) is 10.1. The average molecular weight is 369 g/mol. The van der Waals surface area contributed by atoms with Gasteiger partial charge in [0.15, 0.2) is 5.78 Å². The van der Waals surface area contributed by atoms with Crippen LogP contribution in [0.15, 0.2) is 54.6 Å². The molecule has 0 saturated heterocycles. The number of amides is 2. The van der Waals surface area contributed by atoms with Gasteiger partial charge in [0.1, 0.15) is 6.04 Å². The van der Waals surface area contributed by atoms with Gasteiger partial charge < -0.3 is 21.5 Å². The third kappa shape index (κ3) is 6.23. The minimum Gasteiger partial charge on any atom is -0.480 e. The summed E-state index contributed by atoms with van der Waals surface area (Å²) in [4.78, 5) is 35.6. The van der Waals surface area contributed by atoms with Crippen molar-refractivity contribution in [3.63, 3.8) is 0 Å². The molecule has 27 heavy (non-hydrogen) atoms. The van der Waals surface area contributed by atoms with Crippen molar-refractivity contribution in [2.45, 2.75) is 25.3 Å². The molecule has 2 rings (SSSR count). The predicted octanol–water partition coefficient (Wildman–Crippen LogP) is 2.62. The van der Waals surface area contributed by atoms with Crippen LogP contribution in [0.2, 0.25) is 0 Å². The molecule has 0 radical (unpaired) electrons. The number of nitrogens with two attached hydrogens (primary N) is 1. The van der Waals surface area contributed by atoms with Gasteiger partial charge in [-0.15, -0.1) is 0 Å². The zero-order valence-corrected chi connectivity index (χ0v) is 14.9. The molecule has 0 bridgehead atoms. The highest BCUT2D eigenvalue weighted by Crippen LogP contribution is 2.14. The Morgan fingerprint density at radius 3 is 2.15 bits per heavy atom. The first kappa shape index (κ1) is 20.1. The molecule has 0 heterocycles. The first-order chi connectivity index (χ1) is 13.0. The molecule has 7 heteroatoms. The van der Waals surface area contributed by atoms with E-state index in [-0.39, 0.29) is 5.78 Å². The number of carboxylic acids is 1. The molecule has 0 aliphatic rings. The van der Waals surface area contributed by atoms with Crippen LogP contribution in [0.5, 0.6) is 0 Å². The molecule has 142 valence electrons. The van der Waals surface area contributed by atoms with Crippen molar-refractivity contribution in [2.75, 3.05) is 11.9 Å². The van der Waals surface area contributed by atoms with E-state index >= 15 is 0 Å². The molecule has 0 fully saturated rings. The summed E-state index contributed by atoms with van der Waals surface area (Å²) in [5.41, 5.74) is 6.93. The lowest BCUT2D eigenvalue weighted by atomic mass is 10.0. The fourth-order valence-electron chi connectivity index (χ4n) is 2.54. The standard InChI is InChI=1S/C20H23N3O4/c21-13-5-4-8-17(19(25)26)23-20(27)22-16-11-9-15(10-12-16)18(24)14-6-2-1-3-7-14/h1-3,6-7,9-12,17H,4-5,8,13,21H2,(H,25,26)(H2,22,23,27). The predicted molar refractivity (Wildman–Crippen MR) is 103 cm³/mol. The van der Waals surface area contributed by atoms with Crippen LogP contribution in [0, 0.1) is 0 Å². The fourth-order valence-corrected chi connectivity index (χ4v) is 2.54. The maximum absolute atomic E-state index is 12.4. The first-order valence-corrected chi connectivity index (χ1v) is 8.71. The number of ketones is 1. The van der Waals surface area contributed by atoms with Crippen molar-refractivity contribution in [1.82, 2.24) is 5.32 Å². The number of unbranched alkanes of at least 4 members (excludes halogenated alkanes) is 1. The summed E-state index contributed by atoms with van der Waals surface area (Å²) in [5.74, 6) is -1.21. The van der Waals surface area contributed by atoms with Crippen molar-refractivity contribution < 1.29 is 19.5 Å². The number of hydrogen-bond acceptors (Lipinski definition) is 4. The lowest BCUT2D eigenvalue weighted by Gasteiger charge is -2.15. The van der Waals surface area contributed by atoms with E-state index in [9.17, 15) is 19.5 Å². The Kier molecular flexibility index (Phi) is 7.51. The SMILES string of the molecule is NCCCCC(NC(=O)Nc1ccc(C(=O)c2ccccc2)cc1)C(=O)O. The maximum Gasteiger partial charge on any atom is 0.326 e. The molecule has 2 aromatic carbocycles. The van der Waals surface area contributed by atoms with Gasteiger partial charge in [0.2, 0.25) is 0 Å². The van der Waals surface area contributed by atoms with E-state index in [2.05, 4.69) is 10.6 Å². The minimum absolute atomic E-state index is 0.113. The third-order valence-corrected chi connectivity index (χ3v) is 3.99. The number of carbonyl (C=O) groups is 3. The number of benzene rings is 2. The summed E-state index contributed by atoms with van der Waals surface area (Å²) < 4.78 is 0. The van der Waals surface area contributed by atoms with E-state index in [0.29, 0.717) is 42.6 Å². The molecular weight excluding hydrogens is 346 g/mol. The molecule has 0 saturated carbocycles. The number of carboxylic acid groups (broad SMARTS) is 1. The lowest BCUT2D eigenvalue weighted by molar-refractivity contribution is -0.139. The largest absolute Gasteiger partial charge is 0.480 e. The summed E-state index contributed by atoms with van der Waals surface area (Å²) in [6, 6.07) is 13.7. The Hall–Kier alpha value is -3.19. The van der Waals surface area contributed by atoms with Crippen molar-refractivity contribution in [3.05, 3.63) is 65.7 Å². The van der Waals surface area contributed by atoms with Crippen LogP contribution >= 0.6 is 0 Å². The number of urea groups is 1. The van der Waals surface area contributed by atoms with Gasteiger partial charge in [-0.3, -0.25) is 4.79 Å². The van der Waals surface area contributed by atoms with Crippen molar-refractivity contribution >= 4 is 23.5 Å². The molecule has 0 spiro atoms. The number of nitrogens with one attached hydrogen (secondary N) is 2. The number of anilines is 1. The Balaban J connectivity index is 1.94. The average Bonchev–Trinajstić information content (AvgIpc) is 2.68. The quantitative estimate of drug-likeness (QED) is 0.400. The van der Waals surface area contributed by atoms with Gasteiger partial charge in [-0.05, 0) is 50.1 Å². The Labute approximate surface area is 157 Å². The van der Waals surface area contributed by atoms with Crippen LogP contribution in [0.3, 0.4) is 0 Å². The van der Waals surface area contributed by atoms with Crippen LogP contribution in [0.4, 0.5) is 10.5 Å². The van der Waals surface area contributed by atoms with Crippen LogP contribution in [-0.4, -0.2) is 35.5 Å². The summed E-state index contributed by atoms with van der Waals surface area (Å²) in [6.45, 7) is 0.479. The van der Waals surface area contributed by atoms with E-state index in [1.165, 1.54) is 0 Å². The number of hydrogen-bond donors (Lipinski definition) is 4. The lowest BCUT2D eigenvalue weighted by Crippen LogP contribution is -2.43. The van der Waals surface area contributed by atoms with Crippen LogP contribution in [-0.2, 0) is 4.79 Å². The van der Waals surface area contributed by atoms with Crippen molar-refractivity contribution in [3.8, 4) is 0 Å². The molecule has 0 aromatic heterocycles. The number of carbonyl (C=O) groups excluding carboxylic acids is 2. The molecule has 1 unspecified atom stereocenters. The van der Waals surface area contributed by atoms with E-state index in [1.807, 2.05) is 6.07 Å². The first-order valence-electron chi connectivity index (χ1n) is 8.71. The molecule has 2 aromatic rings. The van der Waals surface area contributed by atoms with Crippen molar-refractivity contribution in [1.29, 1.82) is 0 Å². The van der Waals surface area contributed by atoms with Gasteiger partial charge in [0.05, 0.1) is 0 Å². The van der Waals surface area contributed by atoms with Crippen molar-refractivity contribution in [2.24, 2.45) is 5.73 Å². The Morgan fingerprint density at radius 2 is 1.56 bits per heavy atom. The molecular formula is C20H23N3O4. The van der Waals surface area contributed by atoms with Gasteiger partial charge in [-0.25, -0.2) is 9.59 Å². The van der Waals surface area contributed by atoms with E-state index in [0.717, 1.165) is 0 Å². The summed E-state index contributed by atoms with van der Waals surface area (Å²) in [6.07, 6.45) is 1.62. The fraction of sp³-hybridized carbons (Fsp3) is 0.250. The molecule has 7 nitrogen and oxygen atoms in total. The highest BCUT2D eigenvalue weighted by atomic mass is 16.4. The third-order valence-electron chi connectivity index (χ3n) is 3.99. The van der Waals surface area contributed by atoms with Gasteiger partial charge >= 0.3 is 12.0 Å². The van der Waals surface area contributed by atoms with Crippen LogP contribution in [0.25, 0.3) is 0 Å². The molecule has 2 amide bonds. The molecule has 0 aliphatic heterocycles. The molecule has 0 aliphatic carbocycles. The zero-order chi connectivity index (χ0) is 19.6. The minimum atomic E-state index is -1.09. The summed E-state index contributed by atoms with van der Waals surface area (Å²) in [5, 5.41) is 14.2. The Morgan fingerprint density at radius 1 is 0.926 bits per heavy atom. The highest BCUT2D eigenvalue weighted by molar-refractivity contribution is 6.09. The Bertz CT molecular complexity index is 776. The topological polar surface area (TPSA) is 122 Å². The second-order valence-corrected chi connectivity index (χ2v) is 6.05. The number of aliphatic carboxylic acids is 1. The van der Waals surface area contributed by atoms with E-state index in [1.54, 1.807) is 48.5 Å². The zero-order valence-electron chi connectivity index (χ0n) is 14.9. The van der Waals surface area contributed by atoms with Crippen LogP contribution < -0.4 is 16.4 Å². The molecule has 1 atom stereocenters. The van der Waals surface area contributed by atoms with Gasteiger partial charge in [0, 0.05) is 16.8 Å².